The molecule has 2 N–H and O–H groups in total. The zero-order valence-corrected chi connectivity index (χ0v) is 11.5. The van der Waals surface area contributed by atoms with Crippen LogP contribution in [-0.2, 0) is 9.59 Å². The SMILES string of the molecule is CC(=O)N/C(=C/c1ccc(-c2ccccc2)cc1)C(=O)O. The lowest BCUT2D eigenvalue weighted by molar-refractivity contribution is -0.134. The van der Waals surface area contributed by atoms with E-state index in [9.17, 15) is 9.59 Å². The molecule has 0 unspecified atom stereocenters. The van der Waals surface area contributed by atoms with Crippen LogP contribution in [0.1, 0.15) is 12.5 Å². The second kappa shape index (κ2) is 6.52. The van der Waals surface area contributed by atoms with Crippen molar-refractivity contribution in [1.29, 1.82) is 0 Å². The molecule has 0 fully saturated rings. The molecule has 0 bridgehead atoms. The molecule has 0 spiro atoms. The number of carbonyl (C=O) groups is 2. The minimum atomic E-state index is -1.17. The van der Waals surface area contributed by atoms with Crippen LogP contribution in [0.3, 0.4) is 0 Å². The van der Waals surface area contributed by atoms with Crippen LogP contribution in [0.15, 0.2) is 60.3 Å². The van der Waals surface area contributed by atoms with Crippen molar-refractivity contribution in [3.63, 3.8) is 0 Å². The van der Waals surface area contributed by atoms with Gasteiger partial charge in [0.2, 0.25) is 5.91 Å². The number of carbonyl (C=O) groups excluding carboxylic acids is 1. The molecule has 0 aliphatic rings. The van der Waals surface area contributed by atoms with E-state index in [1.807, 2.05) is 54.6 Å². The number of hydrogen-bond acceptors (Lipinski definition) is 2. The molecule has 0 heterocycles. The molecule has 0 saturated carbocycles. The quantitative estimate of drug-likeness (QED) is 0.847. The lowest BCUT2D eigenvalue weighted by Crippen LogP contribution is -2.24. The Morgan fingerprint density at radius 1 is 0.952 bits per heavy atom. The Morgan fingerprint density at radius 2 is 1.52 bits per heavy atom. The van der Waals surface area contributed by atoms with E-state index in [1.165, 1.54) is 13.0 Å². The van der Waals surface area contributed by atoms with Crippen LogP contribution >= 0.6 is 0 Å². The Labute approximate surface area is 122 Å². The summed E-state index contributed by atoms with van der Waals surface area (Å²) in [7, 11) is 0. The molecule has 1 amide bonds. The van der Waals surface area contributed by atoms with Gasteiger partial charge in [0.1, 0.15) is 5.70 Å². The highest BCUT2D eigenvalue weighted by atomic mass is 16.4. The van der Waals surface area contributed by atoms with Crippen LogP contribution in [0, 0.1) is 0 Å². The summed E-state index contributed by atoms with van der Waals surface area (Å²) in [5, 5.41) is 11.3. The van der Waals surface area contributed by atoms with Crippen molar-refractivity contribution in [3.05, 3.63) is 65.9 Å². The lowest BCUT2D eigenvalue weighted by Gasteiger charge is -2.04. The topological polar surface area (TPSA) is 66.4 Å². The summed E-state index contributed by atoms with van der Waals surface area (Å²) in [4.78, 5) is 22.0. The van der Waals surface area contributed by atoms with Gasteiger partial charge in [0.25, 0.3) is 0 Å². The number of benzene rings is 2. The second-order valence-electron chi connectivity index (χ2n) is 4.53. The third-order valence-corrected chi connectivity index (χ3v) is 2.87. The fourth-order valence-electron chi connectivity index (χ4n) is 1.91. The van der Waals surface area contributed by atoms with Gasteiger partial charge in [0.05, 0.1) is 0 Å². The van der Waals surface area contributed by atoms with Gasteiger partial charge >= 0.3 is 5.97 Å². The van der Waals surface area contributed by atoms with Gasteiger partial charge in [-0.25, -0.2) is 4.79 Å². The van der Waals surface area contributed by atoms with E-state index in [4.69, 9.17) is 5.11 Å². The number of aliphatic carboxylic acids is 1. The predicted octanol–water partition coefficient (Wildman–Crippen LogP) is 2.92. The summed E-state index contributed by atoms with van der Waals surface area (Å²) in [5.74, 6) is -1.58. The molecular formula is C17H15NO3. The fraction of sp³-hybridized carbons (Fsp3) is 0.0588. The first-order valence-corrected chi connectivity index (χ1v) is 6.44. The molecule has 0 saturated heterocycles. The molecule has 2 aromatic carbocycles. The van der Waals surface area contributed by atoms with Crippen LogP contribution in [0.2, 0.25) is 0 Å². The van der Waals surface area contributed by atoms with E-state index < -0.39 is 11.9 Å². The first-order chi connectivity index (χ1) is 10.1. The maximum atomic E-state index is 11.0. The molecule has 2 aromatic rings. The normalized spacial score (nSPS) is 11.0. The molecular weight excluding hydrogens is 266 g/mol. The molecule has 0 aromatic heterocycles. The van der Waals surface area contributed by atoms with Gasteiger partial charge in [0.15, 0.2) is 0 Å². The van der Waals surface area contributed by atoms with Crippen LogP contribution < -0.4 is 5.32 Å². The molecule has 4 nitrogen and oxygen atoms in total. The summed E-state index contributed by atoms with van der Waals surface area (Å²) in [6, 6.07) is 17.3. The minimum Gasteiger partial charge on any atom is -0.477 e. The number of amides is 1. The van der Waals surface area contributed by atoms with Gasteiger partial charge in [-0.15, -0.1) is 0 Å². The van der Waals surface area contributed by atoms with E-state index in [-0.39, 0.29) is 5.70 Å². The molecule has 0 atom stereocenters. The molecule has 106 valence electrons. The number of hydrogen-bond donors (Lipinski definition) is 2. The van der Waals surface area contributed by atoms with Crippen molar-refractivity contribution in [1.82, 2.24) is 5.32 Å². The predicted molar refractivity (Wildman–Crippen MR) is 81.3 cm³/mol. The van der Waals surface area contributed by atoms with Gasteiger partial charge < -0.3 is 10.4 Å². The van der Waals surface area contributed by atoms with Gasteiger partial charge in [-0.1, -0.05) is 54.6 Å². The molecule has 0 aliphatic heterocycles. The van der Waals surface area contributed by atoms with Crippen LogP contribution in [0.4, 0.5) is 0 Å². The maximum absolute atomic E-state index is 11.0. The molecule has 0 radical (unpaired) electrons. The van der Waals surface area contributed by atoms with E-state index in [0.717, 1.165) is 11.1 Å². The Bertz CT molecular complexity index is 673. The van der Waals surface area contributed by atoms with Gasteiger partial charge in [-0.2, -0.15) is 0 Å². The third kappa shape index (κ3) is 4.04. The second-order valence-corrected chi connectivity index (χ2v) is 4.53. The number of rotatable bonds is 4. The highest BCUT2D eigenvalue weighted by Gasteiger charge is 2.08. The fourth-order valence-corrected chi connectivity index (χ4v) is 1.91. The third-order valence-electron chi connectivity index (χ3n) is 2.87. The zero-order chi connectivity index (χ0) is 15.2. The van der Waals surface area contributed by atoms with Gasteiger partial charge in [0, 0.05) is 6.92 Å². The highest BCUT2D eigenvalue weighted by Crippen LogP contribution is 2.20. The van der Waals surface area contributed by atoms with Crippen LogP contribution in [0.25, 0.3) is 17.2 Å². The smallest absolute Gasteiger partial charge is 0.352 e. The maximum Gasteiger partial charge on any atom is 0.352 e. The van der Waals surface area contributed by atoms with E-state index in [2.05, 4.69) is 5.32 Å². The monoisotopic (exact) mass is 281 g/mol. The van der Waals surface area contributed by atoms with Crippen molar-refractivity contribution in [2.45, 2.75) is 6.92 Å². The zero-order valence-electron chi connectivity index (χ0n) is 11.5. The van der Waals surface area contributed by atoms with Gasteiger partial charge in [-0.3, -0.25) is 4.79 Å². The molecule has 0 aliphatic carbocycles. The van der Waals surface area contributed by atoms with E-state index >= 15 is 0 Å². The number of carboxylic acids is 1. The van der Waals surface area contributed by atoms with E-state index in [1.54, 1.807) is 0 Å². The van der Waals surface area contributed by atoms with Crippen molar-refractivity contribution in [3.8, 4) is 11.1 Å². The summed E-state index contributed by atoms with van der Waals surface area (Å²) in [6.07, 6.45) is 1.43. The first-order valence-electron chi connectivity index (χ1n) is 6.44. The van der Waals surface area contributed by atoms with Gasteiger partial charge in [-0.05, 0) is 22.8 Å². The Hall–Kier alpha value is -2.88. The van der Waals surface area contributed by atoms with Crippen molar-refractivity contribution in [2.75, 3.05) is 0 Å². The average Bonchev–Trinajstić information content (AvgIpc) is 2.48. The molecule has 21 heavy (non-hydrogen) atoms. The van der Waals surface area contributed by atoms with Crippen LogP contribution in [0.5, 0.6) is 0 Å². The number of carboxylic acid groups (broad SMARTS) is 1. The number of nitrogens with one attached hydrogen (secondary N) is 1. The standard InChI is InChI=1S/C17H15NO3/c1-12(19)18-16(17(20)21)11-13-7-9-15(10-8-13)14-5-3-2-4-6-14/h2-11H,1H3,(H,18,19)(H,20,21)/b16-11+. The Balaban J connectivity index is 2.26. The molecule has 4 heteroatoms. The lowest BCUT2D eigenvalue weighted by atomic mass is 10.0. The Kier molecular flexibility index (Phi) is 4.51. The minimum absolute atomic E-state index is 0.144. The van der Waals surface area contributed by atoms with Crippen molar-refractivity contribution in [2.24, 2.45) is 0 Å². The van der Waals surface area contributed by atoms with Crippen molar-refractivity contribution < 1.29 is 14.7 Å². The van der Waals surface area contributed by atoms with E-state index in [0.29, 0.717) is 5.56 Å². The Morgan fingerprint density at radius 3 is 2.05 bits per heavy atom. The summed E-state index contributed by atoms with van der Waals surface area (Å²) >= 11 is 0. The summed E-state index contributed by atoms with van der Waals surface area (Å²) < 4.78 is 0. The highest BCUT2D eigenvalue weighted by molar-refractivity contribution is 5.96. The first kappa shape index (κ1) is 14.5. The van der Waals surface area contributed by atoms with Crippen molar-refractivity contribution >= 4 is 18.0 Å². The largest absolute Gasteiger partial charge is 0.477 e. The summed E-state index contributed by atoms with van der Waals surface area (Å²) in [5.41, 5.74) is 2.70. The summed E-state index contributed by atoms with van der Waals surface area (Å²) in [6.45, 7) is 1.27. The molecule has 2 rings (SSSR count). The average molecular weight is 281 g/mol. The van der Waals surface area contributed by atoms with Crippen LogP contribution in [-0.4, -0.2) is 17.0 Å².